The first-order chi connectivity index (χ1) is 9.47. The van der Waals surface area contributed by atoms with Crippen molar-refractivity contribution in [3.8, 4) is 0 Å². The summed E-state index contributed by atoms with van der Waals surface area (Å²) in [5.41, 5.74) is 0.621. The molecule has 1 aromatic heterocycles. The number of hydrogen-bond donors (Lipinski definition) is 1. The van der Waals surface area contributed by atoms with Crippen LogP contribution in [0.5, 0.6) is 0 Å². The molecule has 0 aliphatic rings. The van der Waals surface area contributed by atoms with Gasteiger partial charge in [-0.2, -0.15) is 0 Å². The van der Waals surface area contributed by atoms with Gasteiger partial charge in [-0.1, -0.05) is 29.8 Å². The largest absolute Gasteiger partial charge is 0.478 e. The first kappa shape index (κ1) is 14.0. The molecule has 0 aliphatic heterocycles. The zero-order valence-electron chi connectivity index (χ0n) is 10.7. The summed E-state index contributed by atoms with van der Waals surface area (Å²) in [6, 6.07) is 7.51. The lowest BCUT2D eigenvalue weighted by Crippen LogP contribution is -2.09. The highest BCUT2D eigenvalue weighted by molar-refractivity contribution is 5.88. The second-order valence-corrected chi connectivity index (χ2v) is 4.36. The number of carboxylic acid groups (broad SMARTS) is 1. The Kier molecular flexibility index (Phi) is 4.02. The number of halogens is 2. The van der Waals surface area contributed by atoms with Crippen LogP contribution in [0.15, 0.2) is 30.5 Å². The zero-order chi connectivity index (χ0) is 14.7. The summed E-state index contributed by atoms with van der Waals surface area (Å²) in [7, 11) is 0. The third-order valence-corrected chi connectivity index (χ3v) is 2.75. The van der Waals surface area contributed by atoms with Crippen molar-refractivity contribution >= 4 is 5.97 Å². The Labute approximate surface area is 114 Å². The normalized spacial score (nSPS) is 10.8. The van der Waals surface area contributed by atoms with E-state index in [-0.39, 0.29) is 12.2 Å². The minimum atomic E-state index is -2.94. The molecule has 4 nitrogen and oxygen atoms in total. The molecule has 1 heterocycles. The van der Waals surface area contributed by atoms with Crippen LogP contribution >= 0.6 is 0 Å². The summed E-state index contributed by atoms with van der Waals surface area (Å²) in [6.45, 7) is 1.92. The number of hydrogen-bond acceptors (Lipinski definition) is 3. The van der Waals surface area contributed by atoms with E-state index >= 15 is 0 Å². The molecule has 0 unspecified atom stereocenters. The van der Waals surface area contributed by atoms with Crippen LogP contribution < -0.4 is 0 Å². The van der Waals surface area contributed by atoms with Crippen LogP contribution in [0.1, 0.15) is 39.4 Å². The maximum Gasteiger partial charge on any atom is 0.339 e. The summed E-state index contributed by atoms with van der Waals surface area (Å²) in [4.78, 5) is 18.3. The number of aromatic nitrogens is 2. The second kappa shape index (κ2) is 5.73. The minimum absolute atomic E-state index is 0.177. The maximum absolute atomic E-state index is 12.8. The smallest absolute Gasteiger partial charge is 0.339 e. The molecule has 2 aromatic rings. The number of carbonyl (C=O) groups is 1. The van der Waals surface area contributed by atoms with Gasteiger partial charge in [-0.15, -0.1) is 0 Å². The molecule has 0 aliphatic carbocycles. The van der Waals surface area contributed by atoms with Gasteiger partial charge in [0.25, 0.3) is 6.43 Å². The molecule has 0 radical (unpaired) electrons. The van der Waals surface area contributed by atoms with Gasteiger partial charge in [0.15, 0.2) is 0 Å². The van der Waals surface area contributed by atoms with Crippen molar-refractivity contribution in [2.24, 2.45) is 0 Å². The van der Waals surface area contributed by atoms with Crippen LogP contribution in [-0.4, -0.2) is 21.0 Å². The molecule has 104 valence electrons. The molecule has 20 heavy (non-hydrogen) atoms. The fraction of sp³-hybridized carbons (Fsp3) is 0.214. The van der Waals surface area contributed by atoms with Crippen molar-refractivity contribution in [1.82, 2.24) is 9.97 Å². The van der Waals surface area contributed by atoms with Crippen molar-refractivity contribution in [3.63, 3.8) is 0 Å². The minimum Gasteiger partial charge on any atom is -0.478 e. The molecule has 0 spiro atoms. The molecular weight excluding hydrogens is 266 g/mol. The molecule has 0 atom stereocenters. The predicted octanol–water partition coefficient (Wildman–Crippen LogP) is 3.01. The predicted molar refractivity (Wildman–Crippen MR) is 67.9 cm³/mol. The second-order valence-electron chi connectivity index (χ2n) is 4.36. The fourth-order valence-electron chi connectivity index (χ4n) is 1.85. The van der Waals surface area contributed by atoms with Crippen molar-refractivity contribution in [3.05, 3.63) is 58.7 Å². The fourth-order valence-corrected chi connectivity index (χ4v) is 1.85. The number of aryl methyl sites for hydroxylation is 1. The van der Waals surface area contributed by atoms with E-state index in [0.717, 1.165) is 17.3 Å². The van der Waals surface area contributed by atoms with Crippen LogP contribution in [0.25, 0.3) is 0 Å². The summed E-state index contributed by atoms with van der Waals surface area (Å²) >= 11 is 0. The van der Waals surface area contributed by atoms with Crippen molar-refractivity contribution < 1.29 is 18.7 Å². The molecule has 0 bridgehead atoms. The number of aromatic carboxylic acids is 1. The first-order valence-corrected chi connectivity index (χ1v) is 5.90. The number of alkyl halides is 2. The van der Waals surface area contributed by atoms with Crippen LogP contribution in [0, 0.1) is 6.92 Å². The van der Waals surface area contributed by atoms with Crippen LogP contribution in [0.3, 0.4) is 0 Å². The molecule has 1 aromatic carbocycles. The molecule has 0 saturated carbocycles. The molecule has 0 saturated heterocycles. The Balaban J connectivity index is 2.34. The topological polar surface area (TPSA) is 63.1 Å². The standard InChI is InChI=1S/C14H12F2N2O2/c1-8-3-2-4-9(5-8)6-11-17-7-10(14(19)20)12(18-11)13(15)16/h2-5,7,13H,6H2,1H3,(H,19,20). The van der Waals surface area contributed by atoms with Gasteiger partial charge in [0.05, 0.1) is 0 Å². The Hall–Kier alpha value is -2.37. The van der Waals surface area contributed by atoms with Gasteiger partial charge in [0, 0.05) is 12.6 Å². The van der Waals surface area contributed by atoms with E-state index in [0.29, 0.717) is 0 Å². The van der Waals surface area contributed by atoms with Crippen molar-refractivity contribution in [2.45, 2.75) is 19.8 Å². The van der Waals surface area contributed by atoms with Gasteiger partial charge in [-0.3, -0.25) is 0 Å². The van der Waals surface area contributed by atoms with E-state index in [4.69, 9.17) is 5.11 Å². The lowest BCUT2D eigenvalue weighted by atomic mass is 10.1. The van der Waals surface area contributed by atoms with Gasteiger partial charge in [-0.25, -0.2) is 23.5 Å². The van der Waals surface area contributed by atoms with Crippen LogP contribution in [0.2, 0.25) is 0 Å². The van der Waals surface area contributed by atoms with E-state index in [9.17, 15) is 13.6 Å². The van der Waals surface area contributed by atoms with Gasteiger partial charge in [-0.05, 0) is 12.5 Å². The highest BCUT2D eigenvalue weighted by atomic mass is 19.3. The van der Waals surface area contributed by atoms with Gasteiger partial charge >= 0.3 is 5.97 Å². The molecule has 0 amide bonds. The number of carboxylic acids is 1. The quantitative estimate of drug-likeness (QED) is 0.933. The third-order valence-electron chi connectivity index (χ3n) is 2.75. The lowest BCUT2D eigenvalue weighted by molar-refractivity contribution is 0.0681. The van der Waals surface area contributed by atoms with E-state index in [1.54, 1.807) is 0 Å². The molecule has 0 fully saturated rings. The third kappa shape index (κ3) is 3.14. The Bertz CT molecular complexity index is 645. The zero-order valence-corrected chi connectivity index (χ0v) is 10.7. The average Bonchev–Trinajstić information content (AvgIpc) is 2.38. The Morgan fingerprint density at radius 1 is 1.40 bits per heavy atom. The first-order valence-electron chi connectivity index (χ1n) is 5.90. The molecule has 6 heteroatoms. The molecule has 1 N–H and O–H groups in total. The SMILES string of the molecule is Cc1cccc(Cc2ncc(C(=O)O)c(C(F)F)n2)c1. The summed E-state index contributed by atoms with van der Waals surface area (Å²) in [6.07, 6.45) is -1.73. The number of rotatable bonds is 4. The number of nitrogens with zero attached hydrogens (tertiary/aromatic N) is 2. The average molecular weight is 278 g/mol. The summed E-state index contributed by atoms with van der Waals surface area (Å²) in [5, 5.41) is 8.82. The van der Waals surface area contributed by atoms with Gasteiger partial charge in [0.1, 0.15) is 17.1 Å². The number of benzene rings is 1. The van der Waals surface area contributed by atoms with Crippen molar-refractivity contribution in [1.29, 1.82) is 0 Å². The Morgan fingerprint density at radius 2 is 2.15 bits per heavy atom. The van der Waals surface area contributed by atoms with E-state index in [2.05, 4.69) is 9.97 Å². The van der Waals surface area contributed by atoms with E-state index < -0.39 is 23.7 Å². The van der Waals surface area contributed by atoms with Crippen LogP contribution in [0.4, 0.5) is 8.78 Å². The molecular formula is C14H12F2N2O2. The highest BCUT2D eigenvalue weighted by Gasteiger charge is 2.21. The van der Waals surface area contributed by atoms with Crippen molar-refractivity contribution in [2.75, 3.05) is 0 Å². The summed E-state index contributed by atoms with van der Waals surface area (Å²) in [5.74, 6) is -1.28. The van der Waals surface area contributed by atoms with Crippen LogP contribution in [-0.2, 0) is 6.42 Å². The highest BCUT2D eigenvalue weighted by Crippen LogP contribution is 2.21. The monoisotopic (exact) mass is 278 g/mol. The summed E-state index contributed by atoms with van der Waals surface area (Å²) < 4.78 is 25.6. The van der Waals surface area contributed by atoms with Gasteiger partial charge < -0.3 is 5.11 Å². The van der Waals surface area contributed by atoms with E-state index in [1.165, 1.54) is 0 Å². The van der Waals surface area contributed by atoms with Gasteiger partial charge in [0.2, 0.25) is 0 Å². The maximum atomic E-state index is 12.8. The lowest BCUT2D eigenvalue weighted by Gasteiger charge is -2.07. The van der Waals surface area contributed by atoms with E-state index in [1.807, 2.05) is 31.2 Å². The molecule has 2 rings (SSSR count). The Morgan fingerprint density at radius 3 is 2.75 bits per heavy atom.